The van der Waals surface area contributed by atoms with Gasteiger partial charge in [0, 0.05) is 31.2 Å². The number of aromatic nitrogens is 1. The summed E-state index contributed by atoms with van der Waals surface area (Å²) in [4.78, 5) is 27.6. The molecule has 2 aromatic rings. The van der Waals surface area contributed by atoms with E-state index in [2.05, 4.69) is 15.6 Å². The summed E-state index contributed by atoms with van der Waals surface area (Å²) >= 11 is 0. The Morgan fingerprint density at radius 3 is 2.67 bits per heavy atom. The molecule has 0 unspecified atom stereocenters. The normalized spacial score (nSPS) is 10.1. The van der Waals surface area contributed by atoms with Crippen LogP contribution in [-0.2, 0) is 9.47 Å². The molecule has 0 saturated carbocycles. The third kappa shape index (κ3) is 4.79. The van der Waals surface area contributed by atoms with Crippen LogP contribution in [-0.4, -0.2) is 44.2 Å². The van der Waals surface area contributed by atoms with Gasteiger partial charge in [0.25, 0.3) is 5.91 Å². The highest BCUT2D eigenvalue weighted by Gasteiger charge is 2.09. The number of rotatable bonds is 7. The van der Waals surface area contributed by atoms with E-state index < -0.39 is 5.97 Å². The fourth-order valence-electron chi connectivity index (χ4n) is 2.00. The third-order valence-corrected chi connectivity index (χ3v) is 3.16. The zero-order chi connectivity index (χ0) is 17.4. The molecule has 2 N–H and O–H groups in total. The molecule has 7 heteroatoms. The Kier molecular flexibility index (Phi) is 6.27. The van der Waals surface area contributed by atoms with Crippen molar-refractivity contribution in [2.45, 2.75) is 0 Å². The number of pyridine rings is 1. The van der Waals surface area contributed by atoms with Crippen LogP contribution in [0, 0.1) is 0 Å². The number of nitrogens with zero attached hydrogens (tertiary/aromatic N) is 1. The van der Waals surface area contributed by atoms with Crippen LogP contribution in [0.15, 0.2) is 42.6 Å². The van der Waals surface area contributed by atoms with Crippen molar-refractivity contribution in [3.05, 3.63) is 53.9 Å². The van der Waals surface area contributed by atoms with Crippen LogP contribution in [0.1, 0.15) is 20.8 Å². The van der Waals surface area contributed by atoms with E-state index in [4.69, 9.17) is 9.47 Å². The van der Waals surface area contributed by atoms with E-state index in [1.54, 1.807) is 37.4 Å². The maximum atomic E-state index is 12.0. The number of nitrogens with one attached hydrogen (secondary N) is 2. The number of esters is 1. The summed E-state index contributed by atoms with van der Waals surface area (Å²) in [5.74, 6) is -0.689. The summed E-state index contributed by atoms with van der Waals surface area (Å²) in [5.41, 5.74) is 2.12. The lowest BCUT2D eigenvalue weighted by atomic mass is 10.2. The number of methoxy groups -OCH3 is 2. The van der Waals surface area contributed by atoms with Crippen LogP contribution in [0.4, 0.5) is 11.4 Å². The number of hydrogen-bond acceptors (Lipinski definition) is 6. The summed E-state index contributed by atoms with van der Waals surface area (Å²) < 4.78 is 9.58. The number of amides is 1. The molecule has 7 nitrogen and oxygen atoms in total. The molecule has 0 aliphatic rings. The van der Waals surface area contributed by atoms with Gasteiger partial charge < -0.3 is 20.1 Å². The molecule has 1 amide bonds. The van der Waals surface area contributed by atoms with Crippen molar-refractivity contribution in [1.82, 2.24) is 10.3 Å². The second-order valence-corrected chi connectivity index (χ2v) is 4.88. The fourth-order valence-corrected chi connectivity index (χ4v) is 2.00. The maximum Gasteiger partial charge on any atom is 0.337 e. The highest BCUT2D eigenvalue weighted by molar-refractivity contribution is 5.93. The number of carbonyl (C=O) groups is 2. The lowest BCUT2D eigenvalue weighted by Crippen LogP contribution is -2.27. The molecular formula is C17H19N3O4. The van der Waals surface area contributed by atoms with E-state index in [1.807, 2.05) is 6.07 Å². The van der Waals surface area contributed by atoms with Crippen molar-refractivity contribution in [1.29, 1.82) is 0 Å². The lowest BCUT2D eigenvalue weighted by molar-refractivity contribution is 0.0600. The predicted octanol–water partition coefficient (Wildman–Crippen LogP) is 1.99. The number of ether oxygens (including phenoxy) is 2. The quantitative estimate of drug-likeness (QED) is 0.596. The molecular weight excluding hydrogens is 310 g/mol. The number of benzene rings is 1. The Balaban J connectivity index is 2.09. The molecule has 1 aromatic carbocycles. The number of hydrogen-bond donors (Lipinski definition) is 2. The standard InChI is InChI=1S/C17H19N3O4/c1-23-9-8-19-16(21)15-11-14(6-7-18-15)20-13-5-3-4-12(10-13)17(22)24-2/h3-7,10-11H,8-9H2,1-2H3,(H,18,20)(H,19,21). The highest BCUT2D eigenvalue weighted by atomic mass is 16.5. The van der Waals surface area contributed by atoms with Gasteiger partial charge in [0.05, 0.1) is 19.3 Å². The first-order valence-electron chi connectivity index (χ1n) is 7.32. The van der Waals surface area contributed by atoms with Crippen LogP contribution < -0.4 is 10.6 Å². The van der Waals surface area contributed by atoms with Gasteiger partial charge in [-0.3, -0.25) is 9.78 Å². The first kappa shape index (κ1) is 17.4. The van der Waals surface area contributed by atoms with E-state index in [9.17, 15) is 9.59 Å². The van der Waals surface area contributed by atoms with Gasteiger partial charge >= 0.3 is 5.97 Å². The monoisotopic (exact) mass is 329 g/mol. The second-order valence-electron chi connectivity index (χ2n) is 4.88. The Morgan fingerprint density at radius 1 is 1.12 bits per heavy atom. The van der Waals surface area contributed by atoms with Crippen LogP contribution in [0.2, 0.25) is 0 Å². The van der Waals surface area contributed by atoms with Crippen LogP contribution in [0.25, 0.3) is 0 Å². The Hall–Kier alpha value is -2.93. The van der Waals surface area contributed by atoms with E-state index in [0.717, 1.165) is 0 Å². The van der Waals surface area contributed by atoms with Gasteiger partial charge in [-0.25, -0.2) is 4.79 Å². The van der Waals surface area contributed by atoms with Crippen molar-refractivity contribution in [2.24, 2.45) is 0 Å². The van der Waals surface area contributed by atoms with Gasteiger partial charge in [0.2, 0.25) is 0 Å². The minimum Gasteiger partial charge on any atom is -0.465 e. The molecule has 0 atom stereocenters. The van der Waals surface area contributed by atoms with Crippen LogP contribution in [0.5, 0.6) is 0 Å². The summed E-state index contributed by atoms with van der Waals surface area (Å²) in [7, 11) is 2.90. The van der Waals surface area contributed by atoms with Gasteiger partial charge in [-0.2, -0.15) is 0 Å². The van der Waals surface area contributed by atoms with E-state index in [-0.39, 0.29) is 5.91 Å². The maximum absolute atomic E-state index is 12.0. The fraction of sp³-hybridized carbons (Fsp3) is 0.235. The Bertz CT molecular complexity index is 718. The summed E-state index contributed by atoms with van der Waals surface area (Å²) in [6.07, 6.45) is 1.54. The lowest BCUT2D eigenvalue weighted by Gasteiger charge is -2.09. The minimum absolute atomic E-state index is 0.279. The molecule has 0 radical (unpaired) electrons. The van der Waals surface area contributed by atoms with Gasteiger partial charge in [0.15, 0.2) is 0 Å². The first-order chi connectivity index (χ1) is 11.6. The predicted molar refractivity (Wildman–Crippen MR) is 89.5 cm³/mol. The average Bonchev–Trinajstić information content (AvgIpc) is 2.61. The van der Waals surface area contributed by atoms with Crippen molar-refractivity contribution in [3.8, 4) is 0 Å². The van der Waals surface area contributed by atoms with E-state index >= 15 is 0 Å². The molecule has 0 fully saturated rings. The topological polar surface area (TPSA) is 89.6 Å². The SMILES string of the molecule is COCCNC(=O)c1cc(Nc2cccc(C(=O)OC)c2)ccn1. The largest absolute Gasteiger partial charge is 0.465 e. The molecule has 0 aliphatic carbocycles. The zero-order valence-corrected chi connectivity index (χ0v) is 13.5. The molecule has 0 aliphatic heterocycles. The molecule has 0 bridgehead atoms. The van der Waals surface area contributed by atoms with E-state index in [1.165, 1.54) is 13.3 Å². The molecule has 126 valence electrons. The Morgan fingerprint density at radius 2 is 1.92 bits per heavy atom. The zero-order valence-electron chi connectivity index (χ0n) is 13.5. The van der Waals surface area contributed by atoms with Crippen LogP contribution >= 0.6 is 0 Å². The number of anilines is 2. The third-order valence-electron chi connectivity index (χ3n) is 3.16. The molecule has 1 heterocycles. The van der Waals surface area contributed by atoms with Crippen molar-refractivity contribution >= 4 is 23.3 Å². The molecule has 0 saturated heterocycles. The average molecular weight is 329 g/mol. The summed E-state index contributed by atoms with van der Waals surface area (Å²) in [6, 6.07) is 10.3. The minimum atomic E-state index is -0.411. The smallest absolute Gasteiger partial charge is 0.337 e. The van der Waals surface area contributed by atoms with Crippen molar-refractivity contribution in [2.75, 3.05) is 32.7 Å². The molecule has 24 heavy (non-hydrogen) atoms. The van der Waals surface area contributed by atoms with Crippen LogP contribution in [0.3, 0.4) is 0 Å². The van der Waals surface area contributed by atoms with Gasteiger partial charge in [0.1, 0.15) is 5.69 Å². The summed E-state index contributed by atoms with van der Waals surface area (Å²) in [5, 5.41) is 5.84. The molecule has 0 spiro atoms. The molecule has 1 aromatic heterocycles. The van der Waals surface area contributed by atoms with Gasteiger partial charge in [-0.05, 0) is 30.3 Å². The Labute approximate surface area is 140 Å². The second kappa shape index (κ2) is 8.64. The highest BCUT2D eigenvalue weighted by Crippen LogP contribution is 2.18. The van der Waals surface area contributed by atoms with Crippen molar-refractivity contribution < 1.29 is 19.1 Å². The summed E-state index contributed by atoms with van der Waals surface area (Å²) in [6.45, 7) is 0.847. The van der Waals surface area contributed by atoms with Crippen molar-refractivity contribution in [3.63, 3.8) is 0 Å². The first-order valence-corrected chi connectivity index (χ1v) is 7.32. The number of carbonyl (C=O) groups excluding carboxylic acids is 2. The van der Waals surface area contributed by atoms with Gasteiger partial charge in [-0.15, -0.1) is 0 Å². The molecule has 2 rings (SSSR count). The van der Waals surface area contributed by atoms with Gasteiger partial charge in [-0.1, -0.05) is 6.07 Å². The van der Waals surface area contributed by atoms with E-state index in [0.29, 0.717) is 35.8 Å².